The number of nitrogens with zero attached hydrogens (tertiary/aromatic N) is 2. The molecule has 0 spiro atoms. The Morgan fingerprint density at radius 1 is 1.33 bits per heavy atom. The SMILES string of the molecule is CC(C)c1nsc(NC(C)C(C)CO)n1. The fourth-order valence-corrected chi connectivity index (χ4v) is 1.83. The number of hydrogen-bond donors (Lipinski definition) is 2. The van der Waals surface area contributed by atoms with E-state index in [-0.39, 0.29) is 18.6 Å². The summed E-state index contributed by atoms with van der Waals surface area (Å²) in [5, 5.41) is 13.1. The minimum atomic E-state index is 0.185. The maximum atomic E-state index is 9.00. The molecule has 0 aromatic carbocycles. The zero-order valence-electron chi connectivity index (χ0n) is 9.69. The zero-order valence-corrected chi connectivity index (χ0v) is 10.5. The van der Waals surface area contributed by atoms with Crippen molar-refractivity contribution in [2.75, 3.05) is 11.9 Å². The Bertz CT molecular complexity index is 301. The molecule has 0 aliphatic heterocycles. The van der Waals surface area contributed by atoms with E-state index in [0.29, 0.717) is 5.92 Å². The van der Waals surface area contributed by atoms with Gasteiger partial charge in [0.1, 0.15) is 5.82 Å². The Labute approximate surface area is 94.9 Å². The summed E-state index contributed by atoms with van der Waals surface area (Å²) in [5.41, 5.74) is 0. The van der Waals surface area contributed by atoms with Crippen molar-refractivity contribution in [3.63, 3.8) is 0 Å². The quantitative estimate of drug-likeness (QED) is 0.811. The van der Waals surface area contributed by atoms with Gasteiger partial charge in [-0.2, -0.15) is 4.37 Å². The molecule has 0 aliphatic carbocycles. The lowest BCUT2D eigenvalue weighted by molar-refractivity contribution is 0.226. The third-order valence-electron chi connectivity index (χ3n) is 2.45. The van der Waals surface area contributed by atoms with Gasteiger partial charge in [0.25, 0.3) is 0 Å². The molecule has 5 heteroatoms. The van der Waals surface area contributed by atoms with Crippen molar-refractivity contribution in [1.29, 1.82) is 0 Å². The standard InChI is InChI=1S/C10H19N3OS/c1-6(2)9-12-10(15-13-9)11-8(4)7(3)5-14/h6-8,14H,5H2,1-4H3,(H,11,12,13). The van der Waals surface area contributed by atoms with E-state index in [9.17, 15) is 0 Å². The summed E-state index contributed by atoms with van der Waals surface area (Å²) < 4.78 is 4.26. The molecule has 1 aromatic heterocycles. The van der Waals surface area contributed by atoms with Crippen LogP contribution in [0.3, 0.4) is 0 Å². The van der Waals surface area contributed by atoms with Crippen LogP contribution in [0.4, 0.5) is 5.13 Å². The van der Waals surface area contributed by atoms with Gasteiger partial charge in [-0.3, -0.25) is 0 Å². The molecule has 4 nitrogen and oxygen atoms in total. The van der Waals surface area contributed by atoms with Crippen molar-refractivity contribution in [1.82, 2.24) is 9.36 Å². The molecule has 0 radical (unpaired) electrons. The molecule has 2 unspecified atom stereocenters. The molecule has 0 saturated heterocycles. The molecule has 1 rings (SSSR count). The van der Waals surface area contributed by atoms with Gasteiger partial charge in [0, 0.05) is 30.1 Å². The van der Waals surface area contributed by atoms with E-state index in [1.165, 1.54) is 11.5 Å². The maximum absolute atomic E-state index is 9.00. The van der Waals surface area contributed by atoms with Gasteiger partial charge >= 0.3 is 0 Å². The minimum Gasteiger partial charge on any atom is -0.396 e. The second-order valence-corrected chi connectivity index (χ2v) is 4.96. The van der Waals surface area contributed by atoms with Crippen LogP contribution in [0.25, 0.3) is 0 Å². The highest BCUT2D eigenvalue weighted by atomic mass is 32.1. The largest absolute Gasteiger partial charge is 0.396 e. The van der Waals surface area contributed by atoms with Crippen molar-refractivity contribution in [3.8, 4) is 0 Å². The molecule has 15 heavy (non-hydrogen) atoms. The van der Waals surface area contributed by atoms with E-state index in [0.717, 1.165) is 11.0 Å². The van der Waals surface area contributed by atoms with E-state index in [2.05, 4.69) is 28.5 Å². The smallest absolute Gasteiger partial charge is 0.202 e. The van der Waals surface area contributed by atoms with Gasteiger partial charge in [-0.15, -0.1) is 0 Å². The summed E-state index contributed by atoms with van der Waals surface area (Å²) in [7, 11) is 0. The van der Waals surface area contributed by atoms with Crippen LogP contribution in [0.2, 0.25) is 0 Å². The molecule has 2 N–H and O–H groups in total. The third-order valence-corrected chi connectivity index (χ3v) is 3.11. The maximum Gasteiger partial charge on any atom is 0.202 e. The monoisotopic (exact) mass is 229 g/mol. The van der Waals surface area contributed by atoms with Gasteiger partial charge in [0.05, 0.1) is 0 Å². The van der Waals surface area contributed by atoms with Crippen molar-refractivity contribution >= 4 is 16.7 Å². The highest BCUT2D eigenvalue weighted by Crippen LogP contribution is 2.19. The molecule has 0 aliphatic rings. The van der Waals surface area contributed by atoms with Gasteiger partial charge in [0.2, 0.25) is 5.13 Å². The van der Waals surface area contributed by atoms with Gasteiger partial charge in [-0.1, -0.05) is 20.8 Å². The number of rotatable bonds is 5. The predicted octanol–water partition coefficient (Wildman–Crippen LogP) is 2.09. The minimum absolute atomic E-state index is 0.185. The van der Waals surface area contributed by atoms with Gasteiger partial charge < -0.3 is 10.4 Å². The first-order chi connectivity index (χ1) is 7.04. The first-order valence-corrected chi connectivity index (χ1v) is 6.03. The third kappa shape index (κ3) is 3.43. The highest BCUT2D eigenvalue weighted by molar-refractivity contribution is 7.09. The van der Waals surface area contributed by atoms with Crippen LogP contribution in [0.15, 0.2) is 0 Å². The molecular formula is C10H19N3OS. The van der Waals surface area contributed by atoms with Gasteiger partial charge in [-0.25, -0.2) is 4.98 Å². The predicted molar refractivity (Wildman–Crippen MR) is 63.3 cm³/mol. The number of aromatic nitrogens is 2. The number of nitrogens with one attached hydrogen (secondary N) is 1. The van der Waals surface area contributed by atoms with Crippen molar-refractivity contribution in [2.24, 2.45) is 5.92 Å². The number of hydrogen-bond acceptors (Lipinski definition) is 5. The average Bonchev–Trinajstić information content (AvgIpc) is 2.65. The van der Waals surface area contributed by atoms with Crippen LogP contribution < -0.4 is 5.32 Å². The van der Waals surface area contributed by atoms with Crippen LogP contribution in [0.1, 0.15) is 39.4 Å². The fraction of sp³-hybridized carbons (Fsp3) is 0.800. The van der Waals surface area contributed by atoms with Crippen LogP contribution >= 0.6 is 11.5 Å². The zero-order chi connectivity index (χ0) is 11.4. The van der Waals surface area contributed by atoms with Gasteiger partial charge in [-0.05, 0) is 12.8 Å². The molecule has 2 atom stereocenters. The molecule has 86 valence electrons. The molecule has 0 amide bonds. The lowest BCUT2D eigenvalue weighted by Gasteiger charge is -2.17. The summed E-state index contributed by atoms with van der Waals surface area (Å²) in [4.78, 5) is 4.38. The van der Waals surface area contributed by atoms with Gasteiger partial charge in [0.15, 0.2) is 0 Å². The molecule has 1 heterocycles. The number of anilines is 1. The first-order valence-electron chi connectivity index (χ1n) is 5.25. The molecule has 0 fully saturated rings. The van der Waals surface area contributed by atoms with E-state index >= 15 is 0 Å². The summed E-state index contributed by atoms with van der Waals surface area (Å²) in [6, 6.07) is 0.211. The topological polar surface area (TPSA) is 58.0 Å². The lowest BCUT2D eigenvalue weighted by Crippen LogP contribution is -2.26. The second kappa shape index (κ2) is 5.42. The first kappa shape index (κ1) is 12.4. The normalized spacial score (nSPS) is 15.3. The Kier molecular flexibility index (Phi) is 4.47. The number of aliphatic hydroxyl groups is 1. The lowest BCUT2D eigenvalue weighted by atomic mass is 10.1. The molecule has 0 saturated carbocycles. The average molecular weight is 229 g/mol. The Morgan fingerprint density at radius 2 is 2.00 bits per heavy atom. The van der Waals surface area contributed by atoms with E-state index < -0.39 is 0 Å². The Morgan fingerprint density at radius 3 is 2.47 bits per heavy atom. The van der Waals surface area contributed by atoms with Crippen LogP contribution in [0, 0.1) is 5.92 Å². The van der Waals surface area contributed by atoms with Crippen LogP contribution in [-0.4, -0.2) is 27.1 Å². The molecule has 0 bridgehead atoms. The molecule has 1 aromatic rings. The second-order valence-electron chi connectivity index (χ2n) is 4.21. The van der Waals surface area contributed by atoms with E-state index in [1.54, 1.807) is 0 Å². The Hall–Kier alpha value is -0.680. The van der Waals surface area contributed by atoms with E-state index in [4.69, 9.17) is 5.11 Å². The van der Waals surface area contributed by atoms with Crippen LogP contribution in [-0.2, 0) is 0 Å². The molecular weight excluding hydrogens is 210 g/mol. The van der Waals surface area contributed by atoms with Crippen molar-refractivity contribution < 1.29 is 5.11 Å². The number of aliphatic hydroxyl groups excluding tert-OH is 1. The summed E-state index contributed by atoms with van der Waals surface area (Å²) in [6.07, 6.45) is 0. The van der Waals surface area contributed by atoms with Crippen LogP contribution in [0.5, 0.6) is 0 Å². The summed E-state index contributed by atoms with van der Waals surface area (Å²) in [6.45, 7) is 8.38. The van der Waals surface area contributed by atoms with Crippen molar-refractivity contribution in [2.45, 2.75) is 39.7 Å². The van der Waals surface area contributed by atoms with E-state index in [1.807, 2.05) is 13.8 Å². The summed E-state index contributed by atoms with van der Waals surface area (Å²) in [5.74, 6) is 1.46. The van der Waals surface area contributed by atoms with Crippen molar-refractivity contribution in [3.05, 3.63) is 5.82 Å². The highest BCUT2D eigenvalue weighted by Gasteiger charge is 2.14. The Balaban J connectivity index is 2.57. The summed E-state index contributed by atoms with van der Waals surface area (Å²) >= 11 is 1.38. The fourth-order valence-electron chi connectivity index (χ4n) is 1.02.